The van der Waals surface area contributed by atoms with E-state index in [1.165, 1.54) is 36.4 Å². The molecule has 0 saturated carbocycles. The van der Waals surface area contributed by atoms with Gasteiger partial charge in [0.25, 0.3) is 17.7 Å². The lowest BCUT2D eigenvalue weighted by atomic mass is 10.1. The van der Waals surface area contributed by atoms with Crippen LogP contribution in [0.4, 0.5) is 20.6 Å². The molecule has 5 amide bonds. The van der Waals surface area contributed by atoms with Crippen LogP contribution in [0.1, 0.15) is 11.1 Å². The Morgan fingerprint density at radius 3 is 2.56 bits per heavy atom. The molecule has 0 bridgehead atoms. The summed E-state index contributed by atoms with van der Waals surface area (Å²) in [4.78, 5) is 51.0. The lowest BCUT2D eigenvalue weighted by Gasteiger charge is -2.27. The fourth-order valence-electron chi connectivity index (χ4n) is 3.45. The zero-order valence-electron chi connectivity index (χ0n) is 18.9. The summed E-state index contributed by atoms with van der Waals surface area (Å²) >= 11 is 6.14. The van der Waals surface area contributed by atoms with Gasteiger partial charge in [0.05, 0.1) is 5.69 Å². The fourth-order valence-corrected chi connectivity index (χ4v) is 3.62. The van der Waals surface area contributed by atoms with Gasteiger partial charge in [0.2, 0.25) is 0 Å². The van der Waals surface area contributed by atoms with Crippen molar-refractivity contribution in [2.24, 2.45) is 0 Å². The maximum absolute atomic E-state index is 13.1. The van der Waals surface area contributed by atoms with Gasteiger partial charge in [-0.15, -0.1) is 0 Å². The van der Waals surface area contributed by atoms with Crippen LogP contribution in [0.5, 0.6) is 5.75 Å². The number of anilines is 2. The molecule has 0 radical (unpaired) electrons. The van der Waals surface area contributed by atoms with E-state index in [-0.39, 0.29) is 17.9 Å². The summed E-state index contributed by atoms with van der Waals surface area (Å²) < 4.78 is 18.5. The monoisotopic (exact) mass is 507 g/mol. The van der Waals surface area contributed by atoms with Crippen molar-refractivity contribution in [2.45, 2.75) is 6.92 Å². The third-order valence-corrected chi connectivity index (χ3v) is 5.66. The van der Waals surface area contributed by atoms with Crippen LogP contribution < -0.4 is 20.3 Å². The number of barbiturate groups is 1. The number of amides is 5. The number of benzene rings is 3. The van der Waals surface area contributed by atoms with E-state index in [0.717, 1.165) is 4.90 Å². The normalized spacial score (nSPS) is 14.6. The lowest BCUT2D eigenvalue weighted by molar-refractivity contribution is -0.122. The van der Waals surface area contributed by atoms with E-state index in [2.05, 4.69) is 10.6 Å². The van der Waals surface area contributed by atoms with Crippen molar-refractivity contribution < 1.29 is 28.3 Å². The smallest absolute Gasteiger partial charge is 0.335 e. The van der Waals surface area contributed by atoms with Crippen molar-refractivity contribution in [2.75, 3.05) is 16.8 Å². The van der Waals surface area contributed by atoms with Crippen molar-refractivity contribution in [1.82, 2.24) is 5.32 Å². The van der Waals surface area contributed by atoms with E-state index < -0.39 is 29.6 Å². The number of urea groups is 1. The maximum Gasteiger partial charge on any atom is 0.335 e. The van der Waals surface area contributed by atoms with Gasteiger partial charge in [-0.05, 0) is 72.7 Å². The van der Waals surface area contributed by atoms with Crippen LogP contribution in [-0.4, -0.2) is 30.4 Å². The molecule has 1 fully saturated rings. The van der Waals surface area contributed by atoms with Crippen LogP contribution in [0, 0.1) is 12.7 Å². The van der Waals surface area contributed by atoms with Gasteiger partial charge in [0.15, 0.2) is 6.61 Å². The summed E-state index contributed by atoms with van der Waals surface area (Å²) in [6.07, 6.45) is 1.32. The van der Waals surface area contributed by atoms with Crippen LogP contribution in [-0.2, 0) is 14.4 Å². The fraction of sp³-hybridized carbons (Fsp3) is 0.0769. The number of imide groups is 2. The number of nitrogens with one attached hydrogen (secondary N) is 2. The Bertz CT molecular complexity index is 1400. The third kappa shape index (κ3) is 5.42. The molecule has 182 valence electrons. The summed E-state index contributed by atoms with van der Waals surface area (Å²) in [5.41, 5.74) is 1.35. The van der Waals surface area contributed by atoms with Crippen LogP contribution in [0.3, 0.4) is 0 Å². The first-order chi connectivity index (χ1) is 17.2. The largest absolute Gasteiger partial charge is 0.484 e. The van der Waals surface area contributed by atoms with Crippen molar-refractivity contribution in [3.8, 4) is 5.75 Å². The Labute approximate surface area is 210 Å². The molecule has 10 heteroatoms. The molecule has 0 aliphatic carbocycles. The molecule has 3 aromatic rings. The number of halogens is 2. The molecule has 0 atom stereocenters. The predicted octanol–water partition coefficient (Wildman–Crippen LogP) is 4.47. The molecule has 3 aromatic carbocycles. The minimum atomic E-state index is -0.878. The minimum absolute atomic E-state index is 0.257. The molecule has 1 aliphatic heterocycles. The van der Waals surface area contributed by atoms with E-state index >= 15 is 0 Å². The average molecular weight is 508 g/mol. The van der Waals surface area contributed by atoms with Crippen molar-refractivity contribution in [3.05, 3.63) is 94.3 Å². The van der Waals surface area contributed by atoms with E-state index in [9.17, 15) is 23.6 Å². The molecule has 36 heavy (non-hydrogen) atoms. The van der Waals surface area contributed by atoms with Crippen LogP contribution in [0.15, 0.2) is 72.3 Å². The van der Waals surface area contributed by atoms with Gasteiger partial charge in [-0.1, -0.05) is 29.8 Å². The third-order valence-electron chi connectivity index (χ3n) is 5.25. The standard InChI is InChI=1S/C26H19ClFN3O5/c1-15-21(27)6-3-7-22(15)31-25(34)20(24(33)30-26(31)35)13-16-4-2-5-19(12-16)36-14-23(32)29-18-10-8-17(28)9-11-18/h2-13H,14H2,1H3,(H,29,32)(H,30,33,35)/b20-13-. The number of ether oxygens (including phenoxy) is 1. The highest BCUT2D eigenvalue weighted by Gasteiger charge is 2.37. The van der Waals surface area contributed by atoms with E-state index in [1.54, 1.807) is 43.3 Å². The molecule has 4 rings (SSSR count). The first-order valence-electron chi connectivity index (χ1n) is 10.7. The number of hydrogen-bond donors (Lipinski definition) is 2. The Hall–Kier alpha value is -4.50. The molecule has 0 spiro atoms. The zero-order chi connectivity index (χ0) is 25.8. The minimum Gasteiger partial charge on any atom is -0.484 e. The van der Waals surface area contributed by atoms with Crippen molar-refractivity contribution in [1.29, 1.82) is 0 Å². The van der Waals surface area contributed by atoms with E-state index in [0.29, 0.717) is 27.6 Å². The molecule has 2 N–H and O–H groups in total. The first kappa shape index (κ1) is 24.6. The zero-order valence-corrected chi connectivity index (χ0v) is 19.6. The molecule has 0 aromatic heterocycles. The average Bonchev–Trinajstić information content (AvgIpc) is 2.85. The van der Waals surface area contributed by atoms with Crippen LogP contribution >= 0.6 is 11.6 Å². The highest BCUT2D eigenvalue weighted by atomic mass is 35.5. The summed E-state index contributed by atoms with van der Waals surface area (Å²) in [6, 6.07) is 15.6. The van der Waals surface area contributed by atoms with Gasteiger partial charge in [0.1, 0.15) is 17.1 Å². The summed E-state index contributed by atoms with van der Waals surface area (Å²) in [7, 11) is 0. The van der Waals surface area contributed by atoms with Gasteiger partial charge < -0.3 is 10.1 Å². The SMILES string of the molecule is Cc1c(Cl)cccc1N1C(=O)NC(=O)/C(=C/c2cccc(OCC(=O)Nc3ccc(F)cc3)c2)C1=O. The molecule has 1 aliphatic rings. The van der Waals surface area contributed by atoms with Crippen molar-refractivity contribution in [3.63, 3.8) is 0 Å². The van der Waals surface area contributed by atoms with Gasteiger partial charge in [0, 0.05) is 10.7 Å². The summed E-state index contributed by atoms with van der Waals surface area (Å²) in [5, 5.41) is 5.11. The van der Waals surface area contributed by atoms with E-state index in [1.807, 2.05) is 0 Å². The Kier molecular flexibility index (Phi) is 7.12. The van der Waals surface area contributed by atoms with E-state index in [4.69, 9.17) is 16.3 Å². The first-order valence-corrected chi connectivity index (χ1v) is 11.1. The summed E-state index contributed by atoms with van der Waals surface area (Å²) in [5.74, 6) is -2.22. The van der Waals surface area contributed by atoms with Gasteiger partial charge >= 0.3 is 6.03 Å². The highest BCUT2D eigenvalue weighted by Crippen LogP contribution is 2.29. The molecule has 1 heterocycles. The number of nitrogens with zero attached hydrogens (tertiary/aromatic N) is 1. The van der Waals surface area contributed by atoms with Gasteiger partial charge in [-0.3, -0.25) is 19.7 Å². The lowest BCUT2D eigenvalue weighted by Crippen LogP contribution is -2.54. The highest BCUT2D eigenvalue weighted by molar-refractivity contribution is 6.40. The second-order valence-corrected chi connectivity index (χ2v) is 8.17. The topological polar surface area (TPSA) is 105 Å². The maximum atomic E-state index is 13.1. The van der Waals surface area contributed by atoms with Crippen LogP contribution in [0.2, 0.25) is 5.02 Å². The van der Waals surface area contributed by atoms with Gasteiger partial charge in [-0.2, -0.15) is 0 Å². The van der Waals surface area contributed by atoms with Crippen LogP contribution in [0.25, 0.3) is 6.08 Å². The number of carbonyl (C=O) groups excluding carboxylic acids is 4. The number of carbonyl (C=O) groups is 4. The molecular formula is C26H19ClFN3O5. The Morgan fingerprint density at radius 2 is 1.81 bits per heavy atom. The number of hydrogen-bond acceptors (Lipinski definition) is 5. The Balaban J connectivity index is 1.50. The second kappa shape index (κ2) is 10.4. The predicted molar refractivity (Wildman–Crippen MR) is 132 cm³/mol. The Morgan fingerprint density at radius 1 is 1.08 bits per heavy atom. The van der Waals surface area contributed by atoms with Gasteiger partial charge in [-0.25, -0.2) is 14.1 Å². The van der Waals surface area contributed by atoms with Crippen molar-refractivity contribution >= 4 is 52.8 Å². The molecule has 8 nitrogen and oxygen atoms in total. The number of rotatable bonds is 6. The molecular weight excluding hydrogens is 489 g/mol. The quantitative estimate of drug-likeness (QED) is 0.378. The molecule has 0 unspecified atom stereocenters. The molecule has 1 saturated heterocycles. The summed E-state index contributed by atoms with van der Waals surface area (Å²) in [6.45, 7) is 1.33. The second-order valence-electron chi connectivity index (χ2n) is 7.76.